The van der Waals surface area contributed by atoms with E-state index in [1.165, 1.54) is 34.6 Å². The number of carbonyl (C=O) groups is 1. The van der Waals surface area contributed by atoms with Crippen molar-refractivity contribution >= 4 is 21.7 Å². The third kappa shape index (κ3) is 4.34. The molecule has 0 radical (unpaired) electrons. The van der Waals surface area contributed by atoms with Crippen LogP contribution in [0.5, 0.6) is 5.75 Å². The molecule has 1 fully saturated rings. The average molecular weight is 408 g/mol. The van der Waals surface area contributed by atoms with Crippen LogP contribution in [0.1, 0.15) is 12.8 Å². The largest absolute Gasteiger partial charge is 0.426 e. The highest BCUT2D eigenvalue weighted by Gasteiger charge is 2.33. The fourth-order valence-corrected chi connectivity index (χ4v) is 4.42. The minimum absolute atomic E-state index is 0.00785. The molecule has 8 nitrogen and oxygen atoms in total. The summed E-state index contributed by atoms with van der Waals surface area (Å²) < 4.78 is 44.6. The Kier molecular flexibility index (Phi) is 5.71. The van der Waals surface area contributed by atoms with Gasteiger partial charge >= 0.3 is 5.97 Å². The summed E-state index contributed by atoms with van der Waals surface area (Å²) in [6.45, 7) is 0.239. The predicted octanol–water partition coefficient (Wildman–Crippen LogP) is 2.74. The van der Waals surface area contributed by atoms with Crippen LogP contribution in [0.3, 0.4) is 0 Å². The molecule has 2 aromatic rings. The molecule has 0 aromatic heterocycles. The van der Waals surface area contributed by atoms with Crippen LogP contribution in [-0.4, -0.2) is 36.7 Å². The highest BCUT2D eigenvalue weighted by Crippen LogP contribution is 2.26. The highest BCUT2D eigenvalue weighted by atomic mass is 32.2. The van der Waals surface area contributed by atoms with Crippen molar-refractivity contribution < 1.29 is 27.3 Å². The van der Waals surface area contributed by atoms with Gasteiger partial charge < -0.3 is 4.74 Å². The summed E-state index contributed by atoms with van der Waals surface area (Å²) in [5.41, 5.74) is -0.189. The Labute approximate surface area is 160 Å². The molecule has 0 aliphatic carbocycles. The molecule has 3 rings (SSSR count). The number of nitro benzene ring substituents is 1. The van der Waals surface area contributed by atoms with Gasteiger partial charge in [0.25, 0.3) is 5.69 Å². The maximum Gasteiger partial charge on any atom is 0.314 e. The van der Waals surface area contributed by atoms with Crippen molar-refractivity contribution in [3.63, 3.8) is 0 Å². The average Bonchev–Trinajstić information content (AvgIpc) is 2.68. The predicted molar refractivity (Wildman–Crippen MR) is 96.6 cm³/mol. The first kappa shape index (κ1) is 19.9. The molecule has 1 aliphatic rings. The minimum atomic E-state index is -3.76. The van der Waals surface area contributed by atoms with Crippen LogP contribution in [0.4, 0.5) is 10.1 Å². The van der Waals surface area contributed by atoms with Crippen molar-refractivity contribution in [1.29, 1.82) is 0 Å². The van der Waals surface area contributed by atoms with Crippen molar-refractivity contribution in [2.45, 2.75) is 17.7 Å². The normalized spacial score (nSPS) is 15.9. The van der Waals surface area contributed by atoms with Gasteiger partial charge in [-0.1, -0.05) is 6.07 Å². The van der Waals surface area contributed by atoms with Crippen molar-refractivity contribution in [2.24, 2.45) is 5.92 Å². The van der Waals surface area contributed by atoms with Crippen LogP contribution in [0.25, 0.3) is 0 Å². The molecule has 0 N–H and O–H groups in total. The molecule has 1 aliphatic heterocycles. The van der Waals surface area contributed by atoms with Crippen molar-refractivity contribution in [1.82, 2.24) is 4.31 Å². The number of ether oxygens (including phenoxy) is 1. The number of non-ortho nitro benzene ring substituents is 1. The van der Waals surface area contributed by atoms with Crippen LogP contribution in [0.2, 0.25) is 0 Å². The first-order chi connectivity index (χ1) is 13.3. The molecular weight excluding hydrogens is 391 g/mol. The van der Waals surface area contributed by atoms with Gasteiger partial charge in [-0.3, -0.25) is 14.9 Å². The van der Waals surface area contributed by atoms with Gasteiger partial charge in [-0.2, -0.15) is 4.31 Å². The van der Waals surface area contributed by atoms with Crippen molar-refractivity contribution in [3.05, 3.63) is 64.5 Å². The Morgan fingerprint density at radius 1 is 1.14 bits per heavy atom. The Hall–Kier alpha value is -2.85. The van der Waals surface area contributed by atoms with Crippen LogP contribution < -0.4 is 4.74 Å². The fraction of sp³-hybridized carbons (Fsp3) is 0.278. The minimum Gasteiger partial charge on any atom is -0.426 e. The van der Waals surface area contributed by atoms with E-state index in [0.29, 0.717) is 0 Å². The van der Waals surface area contributed by atoms with Crippen LogP contribution >= 0.6 is 0 Å². The summed E-state index contributed by atoms with van der Waals surface area (Å²) >= 11 is 0. The zero-order valence-electron chi connectivity index (χ0n) is 14.7. The summed E-state index contributed by atoms with van der Waals surface area (Å²) in [4.78, 5) is 22.5. The summed E-state index contributed by atoms with van der Waals surface area (Å²) in [6, 6.07) is 9.87. The molecule has 1 saturated heterocycles. The van der Waals surface area contributed by atoms with E-state index in [0.717, 1.165) is 18.2 Å². The molecule has 0 amide bonds. The topological polar surface area (TPSA) is 107 Å². The number of hydrogen-bond donors (Lipinski definition) is 0. The first-order valence-electron chi connectivity index (χ1n) is 8.49. The number of halogens is 1. The standard InChI is InChI=1S/C18H17FN2O6S/c19-14-4-6-17(7-5-14)28(25,26)20-10-8-13(9-11-20)18(22)27-16-3-1-2-15(12-16)21(23)24/h1-7,12-13H,8-11H2. The highest BCUT2D eigenvalue weighted by molar-refractivity contribution is 7.89. The van der Waals surface area contributed by atoms with Gasteiger partial charge in [-0.25, -0.2) is 12.8 Å². The third-order valence-corrected chi connectivity index (χ3v) is 6.40. The Morgan fingerprint density at radius 3 is 2.39 bits per heavy atom. The molecule has 2 aromatic carbocycles. The molecule has 0 spiro atoms. The molecule has 0 unspecified atom stereocenters. The monoisotopic (exact) mass is 408 g/mol. The van der Waals surface area contributed by atoms with Gasteiger partial charge in [0.2, 0.25) is 10.0 Å². The number of carbonyl (C=O) groups excluding carboxylic acids is 1. The van der Waals surface area contributed by atoms with Gasteiger partial charge in [0.1, 0.15) is 11.6 Å². The van der Waals surface area contributed by atoms with E-state index in [4.69, 9.17) is 4.74 Å². The zero-order chi connectivity index (χ0) is 20.3. The van der Waals surface area contributed by atoms with E-state index in [1.54, 1.807) is 0 Å². The Balaban J connectivity index is 1.62. The number of piperidine rings is 1. The number of hydrogen-bond acceptors (Lipinski definition) is 6. The van der Waals surface area contributed by atoms with Gasteiger partial charge in [-0.15, -0.1) is 0 Å². The summed E-state index contributed by atoms with van der Waals surface area (Å²) in [7, 11) is -3.76. The maximum absolute atomic E-state index is 13.0. The Morgan fingerprint density at radius 2 is 1.79 bits per heavy atom. The molecule has 28 heavy (non-hydrogen) atoms. The molecule has 148 valence electrons. The lowest BCUT2D eigenvalue weighted by molar-refractivity contribution is -0.384. The molecule has 1 heterocycles. The van der Waals surface area contributed by atoms with Crippen molar-refractivity contribution in [3.8, 4) is 5.75 Å². The van der Waals surface area contributed by atoms with Crippen LogP contribution in [0, 0.1) is 21.8 Å². The van der Waals surface area contributed by atoms with Crippen LogP contribution in [0.15, 0.2) is 53.4 Å². The number of esters is 1. The quantitative estimate of drug-likeness (QED) is 0.326. The lowest BCUT2D eigenvalue weighted by Gasteiger charge is -2.30. The lowest BCUT2D eigenvalue weighted by atomic mass is 9.98. The maximum atomic E-state index is 13.0. The van der Waals surface area contributed by atoms with E-state index in [9.17, 15) is 27.7 Å². The third-order valence-electron chi connectivity index (χ3n) is 4.49. The van der Waals surface area contributed by atoms with Gasteiger partial charge in [0.05, 0.1) is 21.8 Å². The second-order valence-corrected chi connectivity index (χ2v) is 8.25. The molecular formula is C18H17FN2O6S. The number of nitrogens with zero attached hydrogens (tertiary/aromatic N) is 2. The molecule has 0 saturated carbocycles. The summed E-state index contributed by atoms with van der Waals surface area (Å²) in [5, 5.41) is 10.8. The number of nitro groups is 1. The smallest absolute Gasteiger partial charge is 0.314 e. The van der Waals surface area contributed by atoms with E-state index >= 15 is 0 Å². The number of benzene rings is 2. The van der Waals surface area contributed by atoms with Crippen LogP contribution in [-0.2, 0) is 14.8 Å². The van der Waals surface area contributed by atoms with Gasteiger partial charge in [0, 0.05) is 19.2 Å². The lowest BCUT2D eigenvalue weighted by Crippen LogP contribution is -2.41. The number of sulfonamides is 1. The van der Waals surface area contributed by atoms with E-state index in [1.807, 2.05) is 0 Å². The van der Waals surface area contributed by atoms with E-state index < -0.39 is 32.7 Å². The van der Waals surface area contributed by atoms with Gasteiger partial charge in [0.15, 0.2) is 0 Å². The molecule has 0 atom stereocenters. The SMILES string of the molecule is O=C(Oc1cccc([N+](=O)[O-])c1)C1CCN(S(=O)(=O)c2ccc(F)cc2)CC1. The summed E-state index contributed by atoms with van der Waals surface area (Å²) in [6.07, 6.45) is 0.516. The second kappa shape index (κ2) is 8.03. The zero-order valence-corrected chi connectivity index (χ0v) is 15.5. The number of rotatable bonds is 5. The molecule has 10 heteroatoms. The van der Waals surface area contributed by atoms with Gasteiger partial charge in [-0.05, 0) is 43.2 Å². The van der Waals surface area contributed by atoms with E-state index in [2.05, 4.69) is 0 Å². The Bertz CT molecular complexity index is 985. The first-order valence-corrected chi connectivity index (χ1v) is 9.93. The molecule has 0 bridgehead atoms. The fourth-order valence-electron chi connectivity index (χ4n) is 2.95. The second-order valence-electron chi connectivity index (χ2n) is 6.31. The van der Waals surface area contributed by atoms with Crippen molar-refractivity contribution in [2.75, 3.05) is 13.1 Å². The summed E-state index contributed by atoms with van der Waals surface area (Å²) in [5.74, 6) is -1.53. The van der Waals surface area contributed by atoms with E-state index in [-0.39, 0.29) is 42.3 Å².